The van der Waals surface area contributed by atoms with Crippen LogP contribution in [0, 0.1) is 0 Å². The highest BCUT2D eigenvalue weighted by molar-refractivity contribution is 5.81. The highest BCUT2D eigenvalue weighted by atomic mass is 16.6. The molecule has 1 fully saturated rings. The molecule has 1 aliphatic heterocycles. The zero-order valence-electron chi connectivity index (χ0n) is 18.0. The molecule has 3 aromatic rings. The van der Waals surface area contributed by atoms with Gasteiger partial charge in [-0.15, -0.1) is 0 Å². The summed E-state index contributed by atoms with van der Waals surface area (Å²) in [6.45, 7) is 0.225. The highest BCUT2D eigenvalue weighted by Gasteiger charge is 2.46. The van der Waals surface area contributed by atoms with Crippen LogP contribution in [0.15, 0.2) is 30.9 Å². The fourth-order valence-corrected chi connectivity index (χ4v) is 4.74. The molecule has 1 aliphatic carbocycles. The van der Waals surface area contributed by atoms with E-state index in [9.17, 15) is 5.11 Å². The molecule has 3 N–H and O–H groups in total. The standard InChI is InChI=1S/C22H27N5O5/c1-29-14-7-3-6-13-12(14)5-4-8-15(13)31-9-16-18(28)19(30-2)22(32-16)27-11-26-17-20(23)24-10-25-21(17)27/h3,6-7,10-11,15-16,18-19,22,28H,4-5,8-9H2,1-2H3,(H2,23,24,25)/t15?,16-,18-,19-,22-/m1/s1. The number of aromatic nitrogens is 4. The number of nitrogen functional groups attached to an aromatic ring is 1. The zero-order chi connectivity index (χ0) is 22.2. The Morgan fingerprint density at radius 3 is 2.94 bits per heavy atom. The van der Waals surface area contributed by atoms with Crippen LogP contribution >= 0.6 is 0 Å². The second-order valence-electron chi connectivity index (χ2n) is 8.08. The van der Waals surface area contributed by atoms with Crippen molar-refractivity contribution in [1.82, 2.24) is 19.5 Å². The van der Waals surface area contributed by atoms with Crippen molar-refractivity contribution >= 4 is 17.0 Å². The third-order valence-electron chi connectivity index (χ3n) is 6.34. The number of imidazole rings is 1. The molecule has 5 rings (SSSR count). The van der Waals surface area contributed by atoms with Gasteiger partial charge in [0, 0.05) is 7.11 Å². The molecule has 32 heavy (non-hydrogen) atoms. The average molecular weight is 441 g/mol. The van der Waals surface area contributed by atoms with E-state index in [1.165, 1.54) is 11.9 Å². The van der Waals surface area contributed by atoms with Gasteiger partial charge in [-0.1, -0.05) is 12.1 Å². The summed E-state index contributed by atoms with van der Waals surface area (Å²) in [5.74, 6) is 1.17. The Balaban J connectivity index is 1.34. The molecule has 1 aromatic carbocycles. The van der Waals surface area contributed by atoms with E-state index in [4.69, 9.17) is 24.7 Å². The number of aliphatic hydroxyl groups is 1. The average Bonchev–Trinajstić information content (AvgIpc) is 3.38. The van der Waals surface area contributed by atoms with E-state index in [-0.39, 0.29) is 18.5 Å². The maximum Gasteiger partial charge on any atom is 0.167 e. The minimum Gasteiger partial charge on any atom is -0.496 e. The van der Waals surface area contributed by atoms with Gasteiger partial charge in [-0.2, -0.15) is 0 Å². The summed E-state index contributed by atoms with van der Waals surface area (Å²) in [6, 6.07) is 6.04. The van der Waals surface area contributed by atoms with Crippen LogP contribution in [0.2, 0.25) is 0 Å². The van der Waals surface area contributed by atoms with Gasteiger partial charge >= 0.3 is 0 Å². The first-order chi connectivity index (χ1) is 15.6. The number of aliphatic hydroxyl groups excluding tert-OH is 1. The third kappa shape index (κ3) is 3.49. The summed E-state index contributed by atoms with van der Waals surface area (Å²) in [4.78, 5) is 12.5. The van der Waals surface area contributed by atoms with Gasteiger partial charge in [0.2, 0.25) is 0 Å². The number of rotatable bonds is 6. The maximum absolute atomic E-state index is 10.9. The fourth-order valence-electron chi connectivity index (χ4n) is 4.74. The van der Waals surface area contributed by atoms with Crippen molar-refractivity contribution in [2.24, 2.45) is 0 Å². The Morgan fingerprint density at radius 2 is 2.12 bits per heavy atom. The molecular formula is C22H27N5O5. The van der Waals surface area contributed by atoms with Gasteiger partial charge in [-0.25, -0.2) is 15.0 Å². The van der Waals surface area contributed by atoms with E-state index in [1.54, 1.807) is 25.1 Å². The van der Waals surface area contributed by atoms with Crippen molar-refractivity contribution < 1.29 is 24.1 Å². The molecule has 10 heteroatoms. The SMILES string of the molecule is COc1cccc2c1CCCC2OC[C@H]1O[C@@H](n2cnc3c(N)ncnc32)[C@H](OC)[C@@H]1O. The van der Waals surface area contributed by atoms with Gasteiger partial charge in [-0.3, -0.25) is 4.57 Å². The fraction of sp³-hybridized carbons (Fsp3) is 0.500. The normalized spacial score (nSPS) is 27.5. The van der Waals surface area contributed by atoms with Crippen LogP contribution in [-0.2, 0) is 20.6 Å². The summed E-state index contributed by atoms with van der Waals surface area (Å²) >= 11 is 0. The number of benzene rings is 1. The van der Waals surface area contributed by atoms with Crippen LogP contribution in [0.3, 0.4) is 0 Å². The molecule has 1 unspecified atom stereocenters. The molecule has 3 heterocycles. The molecule has 2 aromatic heterocycles. The number of anilines is 1. The molecule has 1 saturated heterocycles. The van der Waals surface area contributed by atoms with Gasteiger partial charge in [-0.05, 0) is 36.5 Å². The Hall–Kier alpha value is -2.79. The molecule has 0 bridgehead atoms. The van der Waals surface area contributed by atoms with Crippen molar-refractivity contribution in [2.75, 3.05) is 26.6 Å². The lowest BCUT2D eigenvalue weighted by atomic mass is 9.88. The van der Waals surface area contributed by atoms with Gasteiger partial charge in [0.1, 0.15) is 35.9 Å². The number of methoxy groups -OCH3 is 2. The maximum atomic E-state index is 10.9. The van der Waals surface area contributed by atoms with Crippen LogP contribution in [0.1, 0.15) is 36.3 Å². The highest BCUT2D eigenvalue weighted by Crippen LogP contribution is 2.39. The van der Waals surface area contributed by atoms with Crippen LogP contribution in [0.5, 0.6) is 5.75 Å². The Morgan fingerprint density at radius 1 is 1.25 bits per heavy atom. The quantitative estimate of drug-likeness (QED) is 0.588. The lowest BCUT2D eigenvalue weighted by Crippen LogP contribution is -2.35. The minimum absolute atomic E-state index is 0.0775. The number of nitrogens with two attached hydrogens (primary N) is 1. The molecule has 5 atom stereocenters. The summed E-state index contributed by atoms with van der Waals surface area (Å²) in [5, 5.41) is 10.9. The summed E-state index contributed by atoms with van der Waals surface area (Å²) in [6.07, 6.45) is 3.06. The predicted molar refractivity (Wildman–Crippen MR) is 115 cm³/mol. The first kappa shape index (κ1) is 21.1. The van der Waals surface area contributed by atoms with E-state index in [0.29, 0.717) is 11.2 Å². The smallest absolute Gasteiger partial charge is 0.167 e. The Kier molecular flexibility index (Phi) is 5.68. The molecule has 0 spiro atoms. The van der Waals surface area contributed by atoms with Crippen LogP contribution < -0.4 is 10.5 Å². The number of hydrogen-bond acceptors (Lipinski definition) is 9. The van der Waals surface area contributed by atoms with Crippen LogP contribution in [0.25, 0.3) is 11.2 Å². The number of nitrogens with zero attached hydrogens (tertiary/aromatic N) is 4. The molecule has 0 amide bonds. The van der Waals surface area contributed by atoms with Gasteiger partial charge in [0.15, 0.2) is 17.7 Å². The van der Waals surface area contributed by atoms with Crippen molar-refractivity contribution in [3.63, 3.8) is 0 Å². The van der Waals surface area contributed by atoms with Crippen molar-refractivity contribution in [3.8, 4) is 5.75 Å². The number of fused-ring (bicyclic) bond motifs is 2. The lowest BCUT2D eigenvalue weighted by molar-refractivity contribution is -0.0853. The topological polar surface area (TPSA) is 127 Å². The molecule has 170 valence electrons. The Bertz CT molecular complexity index is 1110. The van der Waals surface area contributed by atoms with Gasteiger partial charge in [0.05, 0.1) is 26.1 Å². The summed E-state index contributed by atoms with van der Waals surface area (Å²) in [5.41, 5.74) is 9.23. The van der Waals surface area contributed by atoms with Crippen LogP contribution in [-0.4, -0.2) is 63.8 Å². The van der Waals surface area contributed by atoms with Gasteiger partial charge in [0.25, 0.3) is 0 Å². The lowest BCUT2D eigenvalue weighted by Gasteiger charge is -2.28. The molecular weight excluding hydrogens is 414 g/mol. The number of ether oxygens (including phenoxy) is 4. The predicted octanol–water partition coefficient (Wildman–Crippen LogP) is 1.78. The van der Waals surface area contributed by atoms with Crippen molar-refractivity contribution in [1.29, 1.82) is 0 Å². The van der Waals surface area contributed by atoms with E-state index in [0.717, 1.165) is 30.6 Å². The molecule has 0 radical (unpaired) electrons. The number of hydrogen-bond donors (Lipinski definition) is 2. The largest absolute Gasteiger partial charge is 0.496 e. The van der Waals surface area contributed by atoms with E-state index < -0.39 is 24.5 Å². The second kappa shape index (κ2) is 8.62. The Labute approximate surface area is 185 Å². The molecule has 0 saturated carbocycles. The summed E-state index contributed by atoms with van der Waals surface area (Å²) in [7, 11) is 3.23. The molecule has 2 aliphatic rings. The summed E-state index contributed by atoms with van der Waals surface area (Å²) < 4.78 is 25.3. The van der Waals surface area contributed by atoms with Crippen molar-refractivity contribution in [3.05, 3.63) is 42.0 Å². The zero-order valence-corrected chi connectivity index (χ0v) is 18.0. The van der Waals surface area contributed by atoms with Crippen LogP contribution in [0.4, 0.5) is 5.82 Å². The van der Waals surface area contributed by atoms with Gasteiger partial charge < -0.3 is 29.8 Å². The van der Waals surface area contributed by atoms with E-state index in [2.05, 4.69) is 21.0 Å². The van der Waals surface area contributed by atoms with E-state index >= 15 is 0 Å². The first-order valence-corrected chi connectivity index (χ1v) is 10.7. The monoisotopic (exact) mass is 441 g/mol. The minimum atomic E-state index is -0.880. The third-order valence-corrected chi connectivity index (χ3v) is 6.34. The first-order valence-electron chi connectivity index (χ1n) is 10.7. The molecule has 10 nitrogen and oxygen atoms in total. The second-order valence-corrected chi connectivity index (χ2v) is 8.08. The van der Waals surface area contributed by atoms with Crippen molar-refractivity contribution in [2.45, 2.75) is 49.9 Å². The van der Waals surface area contributed by atoms with E-state index in [1.807, 2.05) is 12.1 Å².